The fourth-order valence-electron chi connectivity index (χ4n) is 3.35. The molecule has 2 aromatic rings. The molecule has 0 spiro atoms. The second kappa shape index (κ2) is 13.0. The van der Waals surface area contributed by atoms with Crippen LogP contribution in [0.2, 0.25) is 0 Å². The van der Waals surface area contributed by atoms with Crippen molar-refractivity contribution in [2.75, 3.05) is 7.11 Å². The van der Waals surface area contributed by atoms with Crippen molar-refractivity contribution >= 4 is 29.0 Å². The molecule has 3 atom stereocenters. The molecule has 0 bridgehead atoms. The maximum atomic E-state index is 13.0. The van der Waals surface area contributed by atoms with E-state index in [0.29, 0.717) is 28.6 Å². The van der Waals surface area contributed by atoms with Gasteiger partial charge in [-0.1, -0.05) is 51.2 Å². The van der Waals surface area contributed by atoms with Gasteiger partial charge in [-0.05, 0) is 37.8 Å². The first kappa shape index (κ1) is 27.2. The number of carbonyl (C=O) groups is 2. The second-order valence-electron chi connectivity index (χ2n) is 8.55. The second-order valence-corrected chi connectivity index (χ2v) is 9.05. The van der Waals surface area contributed by atoms with Gasteiger partial charge in [0.1, 0.15) is 23.7 Å². The van der Waals surface area contributed by atoms with Crippen LogP contribution in [-0.4, -0.2) is 41.1 Å². The van der Waals surface area contributed by atoms with Crippen molar-refractivity contribution < 1.29 is 28.5 Å². The Balaban J connectivity index is 2.11. The molecule has 7 nitrogen and oxygen atoms in total. The summed E-state index contributed by atoms with van der Waals surface area (Å²) in [5.74, 6) is 0.0659. The van der Waals surface area contributed by atoms with Crippen molar-refractivity contribution in [1.82, 2.24) is 4.98 Å². The van der Waals surface area contributed by atoms with Crippen molar-refractivity contribution in [3.8, 4) is 17.2 Å². The third kappa shape index (κ3) is 8.09. The molecule has 0 aliphatic rings. The molecule has 0 radical (unpaired) electrons. The molecular formula is C26H33NO6S. The van der Waals surface area contributed by atoms with Gasteiger partial charge in [0.25, 0.3) is 0 Å². The van der Waals surface area contributed by atoms with Gasteiger partial charge in [0.05, 0.1) is 13.0 Å². The standard InChI is InChI=1S/C26H33NO6S/c1-16(2)14-22(18(4)31-20-10-8-7-9-11-20)33-26(29)17(3)15-23(34)24-25(32-19(5)28)21(30-6)12-13-27-24/h7-13,16-18,22H,14-15H2,1-6H3/t17-,18+,22-/m1/s1. The van der Waals surface area contributed by atoms with Crippen molar-refractivity contribution in [2.24, 2.45) is 11.8 Å². The zero-order valence-corrected chi connectivity index (χ0v) is 21.4. The van der Waals surface area contributed by atoms with E-state index in [0.717, 1.165) is 5.75 Å². The third-order valence-electron chi connectivity index (χ3n) is 5.05. The van der Waals surface area contributed by atoms with Gasteiger partial charge < -0.3 is 18.9 Å². The Labute approximate surface area is 206 Å². The monoisotopic (exact) mass is 487 g/mol. The number of hydrogen-bond acceptors (Lipinski definition) is 8. The van der Waals surface area contributed by atoms with Gasteiger partial charge >= 0.3 is 11.9 Å². The maximum absolute atomic E-state index is 13.0. The van der Waals surface area contributed by atoms with E-state index in [2.05, 4.69) is 18.8 Å². The Hall–Kier alpha value is -3.00. The van der Waals surface area contributed by atoms with Crippen LogP contribution in [0.5, 0.6) is 17.2 Å². The Kier molecular flexibility index (Phi) is 10.4. The molecule has 0 saturated carbocycles. The highest BCUT2D eigenvalue weighted by molar-refractivity contribution is 7.80. The Bertz CT molecular complexity index is 979. The minimum atomic E-state index is -0.538. The van der Waals surface area contributed by atoms with Crippen molar-refractivity contribution in [3.05, 3.63) is 48.3 Å². The van der Waals surface area contributed by atoms with Gasteiger partial charge in [0, 0.05) is 24.1 Å². The van der Waals surface area contributed by atoms with E-state index in [9.17, 15) is 9.59 Å². The molecule has 1 aromatic carbocycles. The number of pyridine rings is 1. The number of ether oxygens (including phenoxy) is 4. The maximum Gasteiger partial charge on any atom is 0.309 e. The van der Waals surface area contributed by atoms with Gasteiger partial charge in [0.2, 0.25) is 0 Å². The Morgan fingerprint density at radius 2 is 1.74 bits per heavy atom. The zero-order chi connectivity index (χ0) is 25.3. The van der Waals surface area contributed by atoms with Gasteiger partial charge in [-0.3, -0.25) is 14.6 Å². The van der Waals surface area contributed by atoms with Crippen LogP contribution in [0.3, 0.4) is 0 Å². The molecule has 34 heavy (non-hydrogen) atoms. The predicted octanol–water partition coefficient (Wildman–Crippen LogP) is 5.19. The third-order valence-corrected chi connectivity index (χ3v) is 5.41. The van der Waals surface area contributed by atoms with Crippen LogP contribution >= 0.6 is 12.2 Å². The summed E-state index contributed by atoms with van der Waals surface area (Å²) in [5.41, 5.74) is 0.295. The highest BCUT2D eigenvalue weighted by atomic mass is 32.1. The van der Waals surface area contributed by atoms with Gasteiger partial charge in [-0.15, -0.1) is 0 Å². The average Bonchev–Trinajstić information content (AvgIpc) is 2.78. The SMILES string of the molecule is COc1ccnc(C(=S)C[C@@H](C)C(=O)O[C@H](CC(C)C)[C@H](C)Oc2ccccc2)c1OC(C)=O. The number of nitrogens with zero attached hydrogens (tertiary/aromatic N) is 1. The van der Waals surface area contributed by atoms with E-state index < -0.39 is 18.0 Å². The summed E-state index contributed by atoms with van der Waals surface area (Å²) in [5, 5.41) is 0. The van der Waals surface area contributed by atoms with E-state index in [1.807, 2.05) is 37.3 Å². The summed E-state index contributed by atoms with van der Waals surface area (Å²) in [7, 11) is 1.46. The van der Waals surface area contributed by atoms with Crippen molar-refractivity contribution in [2.45, 2.75) is 59.7 Å². The largest absolute Gasteiger partial charge is 0.493 e. The summed E-state index contributed by atoms with van der Waals surface area (Å²) in [6.45, 7) is 9.07. The number of para-hydroxylation sites is 1. The lowest BCUT2D eigenvalue weighted by atomic mass is 10.0. The minimum Gasteiger partial charge on any atom is -0.493 e. The van der Waals surface area contributed by atoms with Crippen LogP contribution in [0.15, 0.2) is 42.6 Å². The molecule has 184 valence electrons. The molecule has 0 fully saturated rings. The average molecular weight is 488 g/mol. The zero-order valence-electron chi connectivity index (χ0n) is 20.6. The number of thiocarbonyl (C=S) groups is 1. The molecule has 0 saturated heterocycles. The topological polar surface area (TPSA) is 84.0 Å². The molecule has 2 rings (SSSR count). The highest BCUT2D eigenvalue weighted by Crippen LogP contribution is 2.31. The lowest BCUT2D eigenvalue weighted by molar-refractivity contribution is -0.158. The summed E-state index contributed by atoms with van der Waals surface area (Å²) < 4.78 is 22.4. The molecule has 0 N–H and O–H groups in total. The van der Waals surface area contributed by atoms with Crippen LogP contribution in [0, 0.1) is 11.8 Å². The van der Waals surface area contributed by atoms with E-state index >= 15 is 0 Å². The van der Waals surface area contributed by atoms with Gasteiger partial charge in [-0.2, -0.15) is 0 Å². The van der Waals surface area contributed by atoms with Crippen molar-refractivity contribution in [1.29, 1.82) is 0 Å². The Morgan fingerprint density at radius 1 is 1.06 bits per heavy atom. The molecule has 0 aliphatic carbocycles. The van der Waals surface area contributed by atoms with E-state index in [4.69, 9.17) is 31.2 Å². The van der Waals surface area contributed by atoms with Crippen LogP contribution in [-0.2, 0) is 14.3 Å². The molecule has 0 unspecified atom stereocenters. The van der Waals surface area contributed by atoms with Gasteiger partial charge in [0.15, 0.2) is 11.5 Å². The first-order valence-corrected chi connectivity index (χ1v) is 11.7. The summed E-state index contributed by atoms with van der Waals surface area (Å²) in [6.07, 6.45) is 1.62. The Morgan fingerprint density at radius 3 is 2.32 bits per heavy atom. The van der Waals surface area contributed by atoms with Crippen LogP contribution < -0.4 is 14.2 Å². The van der Waals surface area contributed by atoms with E-state index in [1.165, 1.54) is 20.2 Å². The quantitative estimate of drug-likeness (QED) is 0.230. The molecule has 0 aliphatic heterocycles. The van der Waals surface area contributed by atoms with E-state index in [1.54, 1.807) is 13.0 Å². The number of hydrogen-bond donors (Lipinski definition) is 0. The lowest BCUT2D eigenvalue weighted by Crippen LogP contribution is -2.36. The first-order valence-electron chi connectivity index (χ1n) is 11.3. The number of rotatable bonds is 12. The summed E-state index contributed by atoms with van der Waals surface area (Å²) in [4.78, 5) is 29.2. The van der Waals surface area contributed by atoms with Crippen LogP contribution in [0.4, 0.5) is 0 Å². The molecular weight excluding hydrogens is 454 g/mol. The first-order chi connectivity index (χ1) is 16.1. The van der Waals surface area contributed by atoms with Crippen LogP contribution in [0.25, 0.3) is 0 Å². The lowest BCUT2D eigenvalue weighted by Gasteiger charge is -2.27. The fourth-order valence-corrected chi connectivity index (χ4v) is 3.74. The highest BCUT2D eigenvalue weighted by Gasteiger charge is 2.28. The van der Waals surface area contributed by atoms with Crippen LogP contribution in [0.1, 0.15) is 53.2 Å². The summed E-state index contributed by atoms with van der Waals surface area (Å²) in [6, 6.07) is 11.0. The fraction of sp³-hybridized carbons (Fsp3) is 0.462. The number of benzene rings is 1. The molecule has 1 heterocycles. The molecule has 8 heteroatoms. The number of esters is 2. The van der Waals surface area contributed by atoms with Crippen molar-refractivity contribution in [3.63, 3.8) is 0 Å². The van der Waals surface area contributed by atoms with E-state index in [-0.39, 0.29) is 24.2 Å². The number of methoxy groups -OCH3 is 1. The minimum absolute atomic E-state index is 0.144. The smallest absolute Gasteiger partial charge is 0.309 e. The molecule has 0 amide bonds. The molecule has 1 aromatic heterocycles. The summed E-state index contributed by atoms with van der Waals surface area (Å²) >= 11 is 5.54. The number of carbonyl (C=O) groups excluding carboxylic acids is 2. The van der Waals surface area contributed by atoms with Gasteiger partial charge in [-0.25, -0.2) is 0 Å². The normalized spacial score (nSPS) is 13.5. The number of aromatic nitrogens is 1. The predicted molar refractivity (Wildman–Crippen MR) is 133 cm³/mol.